The van der Waals surface area contributed by atoms with Gasteiger partial charge in [0.2, 0.25) is 5.91 Å². The molecule has 0 aliphatic carbocycles. The van der Waals surface area contributed by atoms with Crippen LogP contribution < -0.4 is 5.73 Å². The molecule has 0 radical (unpaired) electrons. The zero-order valence-electron chi connectivity index (χ0n) is 7.36. The molecule has 0 saturated heterocycles. The molecule has 0 aromatic rings. The highest BCUT2D eigenvalue weighted by Gasteiger charge is 2.18. The smallest absolute Gasteiger partial charge is 0.323 e. The number of hydrogen-bond donors (Lipinski definition) is 2. The first-order valence-electron chi connectivity index (χ1n) is 3.68. The lowest BCUT2D eigenvalue weighted by molar-refractivity contribution is -0.144. The van der Waals surface area contributed by atoms with Gasteiger partial charge in [0.25, 0.3) is 0 Å². The predicted octanol–water partition coefficient (Wildman–Crippen LogP) is -1.12. The van der Waals surface area contributed by atoms with E-state index < -0.39 is 24.5 Å². The van der Waals surface area contributed by atoms with Crippen LogP contribution in [0.4, 0.5) is 0 Å². The van der Waals surface area contributed by atoms with Gasteiger partial charge < -0.3 is 15.7 Å². The van der Waals surface area contributed by atoms with Crippen molar-refractivity contribution >= 4 is 11.9 Å². The van der Waals surface area contributed by atoms with E-state index in [1.807, 2.05) is 0 Å². The third-order valence-electron chi connectivity index (χ3n) is 1.31. The van der Waals surface area contributed by atoms with E-state index in [9.17, 15) is 9.59 Å². The van der Waals surface area contributed by atoms with E-state index in [4.69, 9.17) is 17.3 Å². The van der Waals surface area contributed by atoms with E-state index in [-0.39, 0.29) is 6.54 Å². The van der Waals surface area contributed by atoms with E-state index in [0.29, 0.717) is 0 Å². The lowest BCUT2D eigenvalue weighted by atomic mass is 10.3. The molecule has 72 valence electrons. The van der Waals surface area contributed by atoms with Crippen molar-refractivity contribution in [3.8, 4) is 12.3 Å². The summed E-state index contributed by atoms with van der Waals surface area (Å²) >= 11 is 0. The van der Waals surface area contributed by atoms with Gasteiger partial charge in [-0.3, -0.25) is 9.59 Å². The molecule has 5 heteroatoms. The summed E-state index contributed by atoms with van der Waals surface area (Å²) < 4.78 is 0. The molecule has 0 fully saturated rings. The Bertz CT molecular complexity index is 242. The fourth-order valence-electron chi connectivity index (χ4n) is 0.773. The van der Waals surface area contributed by atoms with Crippen LogP contribution in [-0.2, 0) is 9.59 Å². The Kier molecular flexibility index (Phi) is 4.55. The first-order chi connectivity index (χ1) is 5.99. The molecule has 0 aliphatic rings. The lowest BCUT2D eigenvalue weighted by Crippen LogP contribution is -2.44. The normalized spacial score (nSPS) is 11.5. The Morgan fingerprint density at radius 2 is 2.23 bits per heavy atom. The number of carbonyl (C=O) groups excluding carboxylic acids is 1. The number of nitrogens with zero attached hydrogens (tertiary/aromatic N) is 1. The zero-order chi connectivity index (χ0) is 10.4. The van der Waals surface area contributed by atoms with Gasteiger partial charge in [-0.15, -0.1) is 6.42 Å². The number of carboxylic acid groups (broad SMARTS) is 1. The minimum Gasteiger partial charge on any atom is -0.480 e. The van der Waals surface area contributed by atoms with Crippen LogP contribution in [0, 0.1) is 12.3 Å². The van der Waals surface area contributed by atoms with Crippen LogP contribution in [0.2, 0.25) is 0 Å². The fourth-order valence-corrected chi connectivity index (χ4v) is 0.773. The van der Waals surface area contributed by atoms with Crippen molar-refractivity contribution in [2.24, 2.45) is 5.73 Å². The number of nitrogens with two attached hydrogens (primary N) is 1. The topological polar surface area (TPSA) is 83.6 Å². The molecular formula is C8H12N2O3. The minimum atomic E-state index is -1.11. The average molecular weight is 184 g/mol. The number of aliphatic carboxylic acids is 1. The maximum atomic E-state index is 11.2. The summed E-state index contributed by atoms with van der Waals surface area (Å²) in [6, 6.07) is -0.729. The lowest BCUT2D eigenvalue weighted by Gasteiger charge is -2.19. The van der Waals surface area contributed by atoms with Gasteiger partial charge in [0, 0.05) is 0 Å². The molecule has 3 N–H and O–H groups in total. The van der Waals surface area contributed by atoms with Crippen molar-refractivity contribution in [3.05, 3.63) is 0 Å². The van der Waals surface area contributed by atoms with Gasteiger partial charge >= 0.3 is 5.97 Å². The Labute approximate surface area is 76.5 Å². The summed E-state index contributed by atoms with van der Waals surface area (Å²) in [6.45, 7) is 1.03. The summed E-state index contributed by atoms with van der Waals surface area (Å²) in [6.07, 6.45) is 4.97. The molecule has 0 rings (SSSR count). The van der Waals surface area contributed by atoms with Crippen LogP contribution in [-0.4, -0.2) is 41.0 Å². The van der Waals surface area contributed by atoms with Crippen molar-refractivity contribution in [3.63, 3.8) is 0 Å². The minimum absolute atomic E-state index is 0.0350. The molecule has 0 bridgehead atoms. The van der Waals surface area contributed by atoms with Crippen LogP contribution in [0.3, 0.4) is 0 Å². The van der Waals surface area contributed by atoms with Crippen molar-refractivity contribution in [1.29, 1.82) is 0 Å². The molecule has 0 saturated carbocycles. The van der Waals surface area contributed by atoms with E-state index in [1.165, 1.54) is 6.92 Å². The fraction of sp³-hybridized carbons (Fsp3) is 0.500. The third kappa shape index (κ3) is 4.13. The number of rotatable bonds is 4. The molecule has 0 aromatic carbocycles. The first-order valence-corrected chi connectivity index (χ1v) is 3.68. The van der Waals surface area contributed by atoms with Crippen LogP contribution in [0.25, 0.3) is 0 Å². The van der Waals surface area contributed by atoms with Crippen LogP contribution in [0.15, 0.2) is 0 Å². The van der Waals surface area contributed by atoms with Gasteiger partial charge in [0.05, 0.1) is 12.6 Å². The summed E-state index contributed by atoms with van der Waals surface area (Å²) in [4.78, 5) is 22.5. The zero-order valence-corrected chi connectivity index (χ0v) is 7.36. The molecule has 0 spiro atoms. The van der Waals surface area contributed by atoms with Crippen LogP contribution in [0.1, 0.15) is 6.92 Å². The van der Waals surface area contributed by atoms with E-state index in [2.05, 4.69) is 5.92 Å². The van der Waals surface area contributed by atoms with Crippen molar-refractivity contribution in [1.82, 2.24) is 4.90 Å². The monoisotopic (exact) mass is 184 g/mol. The number of carbonyl (C=O) groups is 2. The third-order valence-corrected chi connectivity index (χ3v) is 1.31. The maximum Gasteiger partial charge on any atom is 0.323 e. The first kappa shape index (κ1) is 11.5. The van der Waals surface area contributed by atoms with Gasteiger partial charge in [0.15, 0.2) is 0 Å². The van der Waals surface area contributed by atoms with Gasteiger partial charge in [0.1, 0.15) is 6.54 Å². The Morgan fingerprint density at radius 3 is 2.54 bits per heavy atom. The van der Waals surface area contributed by atoms with E-state index in [1.54, 1.807) is 0 Å². The summed E-state index contributed by atoms with van der Waals surface area (Å²) in [5, 5.41) is 8.44. The average Bonchev–Trinajstić information content (AvgIpc) is 2.01. The number of hydrogen-bond acceptors (Lipinski definition) is 3. The molecular weight excluding hydrogens is 172 g/mol. The Hall–Kier alpha value is -1.54. The van der Waals surface area contributed by atoms with E-state index in [0.717, 1.165) is 4.90 Å². The number of amides is 1. The quantitative estimate of drug-likeness (QED) is 0.542. The highest BCUT2D eigenvalue weighted by Crippen LogP contribution is 1.92. The largest absolute Gasteiger partial charge is 0.480 e. The molecule has 13 heavy (non-hydrogen) atoms. The summed E-state index contributed by atoms with van der Waals surface area (Å²) in [5.74, 6) is 0.630. The maximum absolute atomic E-state index is 11.2. The highest BCUT2D eigenvalue weighted by atomic mass is 16.4. The van der Waals surface area contributed by atoms with Gasteiger partial charge in [-0.05, 0) is 6.92 Å². The second-order valence-corrected chi connectivity index (χ2v) is 2.58. The van der Waals surface area contributed by atoms with Gasteiger partial charge in [-0.25, -0.2) is 0 Å². The van der Waals surface area contributed by atoms with E-state index >= 15 is 0 Å². The second-order valence-electron chi connectivity index (χ2n) is 2.58. The van der Waals surface area contributed by atoms with Gasteiger partial charge in [-0.2, -0.15) is 0 Å². The second kappa shape index (κ2) is 5.17. The molecule has 0 aromatic heterocycles. The Balaban J connectivity index is 4.34. The standard InChI is InChI=1S/C8H12N2O3/c1-3-4-10(5-7(11)12)8(13)6(2)9/h1,6H,4-5,9H2,2H3,(H,11,12). The molecule has 1 atom stereocenters. The Morgan fingerprint density at radius 1 is 1.69 bits per heavy atom. The highest BCUT2D eigenvalue weighted by molar-refractivity contribution is 5.85. The van der Waals surface area contributed by atoms with Crippen molar-refractivity contribution in [2.45, 2.75) is 13.0 Å². The van der Waals surface area contributed by atoms with Crippen molar-refractivity contribution in [2.75, 3.05) is 13.1 Å². The number of terminal acetylenes is 1. The molecule has 0 aliphatic heterocycles. The molecule has 0 heterocycles. The van der Waals surface area contributed by atoms with Crippen LogP contribution >= 0.6 is 0 Å². The SMILES string of the molecule is C#CCN(CC(=O)O)C(=O)C(C)N. The summed E-state index contributed by atoms with van der Waals surface area (Å²) in [7, 11) is 0. The molecule has 5 nitrogen and oxygen atoms in total. The van der Waals surface area contributed by atoms with Gasteiger partial charge in [-0.1, -0.05) is 5.92 Å². The van der Waals surface area contributed by atoms with Crippen molar-refractivity contribution < 1.29 is 14.7 Å². The predicted molar refractivity (Wildman–Crippen MR) is 46.7 cm³/mol. The van der Waals surface area contributed by atoms with Crippen LogP contribution in [0.5, 0.6) is 0 Å². The summed E-state index contributed by atoms with van der Waals surface area (Å²) in [5.41, 5.74) is 5.29. The number of carboxylic acids is 1. The molecule has 1 unspecified atom stereocenters. The molecule has 1 amide bonds.